The Morgan fingerprint density at radius 3 is 2.60 bits per heavy atom. The number of nitrogens with one attached hydrogen (secondary N) is 3. The molecule has 0 aliphatic heterocycles. The van der Waals surface area contributed by atoms with Gasteiger partial charge < -0.3 is 10.6 Å². The zero-order chi connectivity index (χ0) is 18.1. The largest absolute Gasteiger partial charge is 0.356 e. The lowest BCUT2D eigenvalue weighted by molar-refractivity contribution is 0.316. The van der Waals surface area contributed by atoms with Crippen LogP contribution in [0.3, 0.4) is 0 Å². The van der Waals surface area contributed by atoms with Crippen LogP contribution < -0.4 is 15.4 Å². The second-order valence-electron chi connectivity index (χ2n) is 6.23. The second-order valence-corrected chi connectivity index (χ2v) is 8.57. The Morgan fingerprint density at radius 2 is 1.96 bits per heavy atom. The van der Waals surface area contributed by atoms with Crippen molar-refractivity contribution in [3.63, 3.8) is 0 Å². The minimum Gasteiger partial charge on any atom is -0.356 e. The Hall–Kier alpha value is -1.31. The minimum atomic E-state index is -3.24. The normalized spacial score (nSPS) is 15.7. The van der Waals surface area contributed by atoms with E-state index >= 15 is 0 Å². The molecule has 2 rings (SSSR count). The van der Waals surface area contributed by atoms with E-state index in [1.54, 1.807) is 7.05 Å². The molecule has 6 nitrogen and oxygen atoms in total. The summed E-state index contributed by atoms with van der Waals surface area (Å²) in [6.45, 7) is 1.54. The molecule has 1 aromatic carbocycles. The third-order valence-electron chi connectivity index (χ3n) is 4.35. The first-order chi connectivity index (χ1) is 12.0. The summed E-state index contributed by atoms with van der Waals surface area (Å²) in [6, 6.07) is 7.71. The zero-order valence-electron chi connectivity index (χ0n) is 14.6. The minimum absolute atomic E-state index is 0.0327. The molecule has 140 valence electrons. The van der Waals surface area contributed by atoms with E-state index in [4.69, 9.17) is 11.6 Å². The maximum Gasteiger partial charge on any atom is 0.213 e. The number of benzene rings is 1. The van der Waals surface area contributed by atoms with Gasteiger partial charge in [0.15, 0.2) is 5.96 Å². The third kappa shape index (κ3) is 7.22. The molecule has 0 radical (unpaired) electrons. The van der Waals surface area contributed by atoms with Gasteiger partial charge in [-0.3, -0.25) is 4.99 Å². The molecular weight excluding hydrogens is 360 g/mol. The quantitative estimate of drug-likeness (QED) is 0.446. The lowest BCUT2D eigenvalue weighted by Gasteiger charge is -2.25. The van der Waals surface area contributed by atoms with Gasteiger partial charge in [-0.15, -0.1) is 0 Å². The van der Waals surface area contributed by atoms with Crippen LogP contribution in [0.5, 0.6) is 0 Å². The molecule has 0 spiro atoms. The number of halogens is 1. The van der Waals surface area contributed by atoms with E-state index in [0.29, 0.717) is 31.5 Å². The van der Waals surface area contributed by atoms with Crippen LogP contribution in [-0.4, -0.2) is 46.8 Å². The van der Waals surface area contributed by atoms with Gasteiger partial charge in [-0.1, -0.05) is 36.2 Å². The monoisotopic (exact) mass is 386 g/mol. The van der Waals surface area contributed by atoms with Gasteiger partial charge in [0.05, 0.1) is 5.75 Å². The first kappa shape index (κ1) is 20.0. The molecule has 3 N–H and O–H groups in total. The van der Waals surface area contributed by atoms with Crippen molar-refractivity contribution in [2.45, 2.75) is 25.7 Å². The summed E-state index contributed by atoms with van der Waals surface area (Å²) in [5.41, 5.74) is 1.06. The molecule has 0 heterocycles. The highest BCUT2D eigenvalue weighted by molar-refractivity contribution is 7.89. The van der Waals surface area contributed by atoms with Crippen LogP contribution in [0.1, 0.15) is 24.8 Å². The van der Waals surface area contributed by atoms with E-state index in [-0.39, 0.29) is 5.75 Å². The Balaban J connectivity index is 1.65. The van der Waals surface area contributed by atoms with Gasteiger partial charge in [0.1, 0.15) is 0 Å². The van der Waals surface area contributed by atoms with Crippen LogP contribution in [0, 0.1) is 5.92 Å². The smallest absolute Gasteiger partial charge is 0.213 e. The van der Waals surface area contributed by atoms with Crippen molar-refractivity contribution in [2.75, 3.05) is 32.4 Å². The van der Waals surface area contributed by atoms with Crippen LogP contribution >= 0.6 is 11.6 Å². The third-order valence-corrected chi connectivity index (χ3v) is 6.06. The van der Waals surface area contributed by atoms with Crippen LogP contribution in [0.4, 0.5) is 0 Å². The summed E-state index contributed by atoms with van der Waals surface area (Å²) >= 11 is 6.13. The van der Waals surface area contributed by atoms with Gasteiger partial charge in [0.2, 0.25) is 10.0 Å². The summed E-state index contributed by atoms with van der Waals surface area (Å²) in [6.07, 6.45) is 4.23. The Labute approximate surface area is 155 Å². The van der Waals surface area contributed by atoms with E-state index in [1.807, 2.05) is 24.3 Å². The average molecular weight is 387 g/mol. The number of guanidine groups is 1. The average Bonchev–Trinajstić information content (AvgIpc) is 2.53. The van der Waals surface area contributed by atoms with Gasteiger partial charge in [-0.25, -0.2) is 13.1 Å². The van der Waals surface area contributed by atoms with E-state index in [2.05, 4.69) is 20.3 Å². The molecule has 0 amide bonds. The molecule has 0 unspecified atom stereocenters. The van der Waals surface area contributed by atoms with E-state index in [1.165, 1.54) is 6.42 Å². The van der Waals surface area contributed by atoms with Gasteiger partial charge >= 0.3 is 0 Å². The predicted molar refractivity (Wildman–Crippen MR) is 104 cm³/mol. The molecular formula is C17H27ClN4O2S. The fourth-order valence-electron chi connectivity index (χ4n) is 2.56. The van der Waals surface area contributed by atoms with Crippen LogP contribution in [0.25, 0.3) is 0 Å². The summed E-state index contributed by atoms with van der Waals surface area (Å²) in [7, 11) is -1.58. The summed E-state index contributed by atoms with van der Waals surface area (Å²) in [4.78, 5) is 4.10. The molecule has 0 atom stereocenters. The van der Waals surface area contributed by atoms with Crippen LogP contribution in [0.15, 0.2) is 29.3 Å². The Kier molecular flexibility index (Phi) is 7.99. The summed E-state index contributed by atoms with van der Waals surface area (Å²) < 4.78 is 26.6. The standard InChI is InChI=1S/C17H27ClN4O2S/c1-19-17(20-10-9-15-7-2-3-8-16(15)18)21-11-12-25(23,24)22-13-14-5-4-6-14/h2-3,7-8,14,22H,4-6,9-13H2,1H3,(H2,19,20,21). The second kappa shape index (κ2) is 9.99. The number of nitrogens with zero attached hydrogens (tertiary/aromatic N) is 1. The first-order valence-electron chi connectivity index (χ1n) is 8.65. The lowest BCUT2D eigenvalue weighted by Crippen LogP contribution is -2.42. The van der Waals surface area contributed by atoms with Crippen molar-refractivity contribution in [3.05, 3.63) is 34.9 Å². The molecule has 0 aromatic heterocycles. The first-order valence-corrected chi connectivity index (χ1v) is 10.7. The van der Waals surface area contributed by atoms with Crippen molar-refractivity contribution < 1.29 is 8.42 Å². The van der Waals surface area contributed by atoms with Crippen LogP contribution in [0.2, 0.25) is 5.02 Å². The van der Waals surface area contributed by atoms with Gasteiger partial charge in [0.25, 0.3) is 0 Å². The Morgan fingerprint density at radius 1 is 1.24 bits per heavy atom. The van der Waals surface area contributed by atoms with Gasteiger partial charge in [0, 0.05) is 31.7 Å². The number of sulfonamides is 1. The zero-order valence-corrected chi connectivity index (χ0v) is 16.2. The number of rotatable bonds is 9. The molecule has 1 saturated carbocycles. The van der Waals surface area contributed by atoms with Crippen LogP contribution in [-0.2, 0) is 16.4 Å². The highest BCUT2D eigenvalue weighted by Crippen LogP contribution is 2.25. The van der Waals surface area contributed by atoms with Crippen molar-refractivity contribution in [2.24, 2.45) is 10.9 Å². The van der Waals surface area contributed by atoms with E-state index in [0.717, 1.165) is 29.8 Å². The summed E-state index contributed by atoms with van der Waals surface area (Å²) in [5, 5.41) is 6.94. The van der Waals surface area contributed by atoms with Gasteiger partial charge in [-0.05, 0) is 36.8 Å². The molecule has 1 aromatic rings. The van der Waals surface area contributed by atoms with E-state index < -0.39 is 10.0 Å². The maximum atomic E-state index is 12.0. The van der Waals surface area contributed by atoms with Crippen molar-refractivity contribution in [1.29, 1.82) is 0 Å². The maximum absolute atomic E-state index is 12.0. The van der Waals surface area contributed by atoms with Crippen molar-refractivity contribution in [1.82, 2.24) is 15.4 Å². The number of aliphatic imine (C=N–C) groups is 1. The SMILES string of the molecule is CN=C(NCCc1ccccc1Cl)NCCS(=O)(=O)NCC1CCC1. The van der Waals surface area contributed by atoms with Crippen molar-refractivity contribution in [3.8, 4) is 0 Å². The summed E-state index contributed by atoms with van der Waals surface area (Å²) in [5.74, 6) is 1.13. The molecule has 0 saturated heterocycles. The number of hydrogen-bond donors (Lipinski definition) is 3. The molecule has 1 fully saturated rings. The number of hydrogen-bond acceptors (Lipinski definition) is 3. The highest BCUT2D eigenvalue weighted by Gasteiger charge is 2.20. The Bertz CT molecular complexity index is 675. The lowest BCUT2D eigenvalue weighted by atomic mass is 9.86. The molecule has 25 heavy (non-hydrogen) atoms. The topological polar surface area (TPSA) is 82.6 Å². The fourth-order valence-corrected chi connectivity index (χ4v) is 3.79. The van der Waals surface area contributed by atoms with E-state index in [9.17, 15) is 8.42 Å². The van der Waals surface area contributed by atoms with Crippen molar-refractivity contribution >= 4 is 27.6 Å². The molecule has 0 bridgehead atoms. The fraction of sp³-hybridized carbons (Fsp3) is 0.588. The molecule has 1 aliphatic carbocycles. The molecule has 8 heteroatoms. The highest BCUT2D eigenvalue weighted by atomic mass is 35.5. The molecule has 1 aliphatic rings. The van der Waals surface area contributed by atoms with Gasteiger partial charge in [-0.2, -0.15) is 0 Å². The predicted octanol–water partition coefficient (Wildman–Crippen LogP) is 1.77.